The second kappa shape index (κ2) is 7.36. The smallest absolute Gasteiger partial charge is 0.233 e. The van der Waals surface area contributed by atoms with E-state index < -0.39 is 5.41 Å². The van der Waals surface area contributed by atoms with Crippen molar-refractivity contribution >= 4 is 11.7 Å². The maximum absolute atomic E-state index is 12.6. The van der Waals surface area contributed by atoms with E-state index in [4.69, 9.17) is 0 Å². The summed E-state index contributed by atoms with van der Waals surface area (Å²) in [5.41, 5.74) is 0.669. The van der Waals surface area contributed by atoms with Crippen LogP contribution in [-0.2, 0) is 11.2 Å². The molecular formula is C16H27N3O. The van der Waals surface area contributed by atoms with Gasteiger partial charge in [-0.05, 0) is 19.3 Å². The molecule has 0 unspecified atom stereocenters. The van der Waals surface area contributed by atoms with Crippen molar-refractivity contribution in [1.82, 2.24) is 9.97 Å². The Morgan fingerprint density at radius 1 is 1.25 bits per heavy atom. The lowest BCUT2D eigenvalue weighted by molar-refractivity contribution is -0.125. The van der Waals surface area contributed by atoms with Gasteiger partial charge < -0.3 is 0 Å². The molecule has 1 aromatic rings. The highest BCUT2D eigenvalue weighted by Crippen LogP contribution is 2.25. The molecule has 1 rings (SSSR count). The van der Waals surface area contributed by atoms with Crippen molar-refractivity contribution in [1.29, 1.82) is 0 Å². The molecule has 1 aromatic heterocycles. The minimum atomic E-state index is -0.401. The van der Waals surface area contributed by atoms with Gasteiger partial charge in [-0.2, -0.15) is 0 Å². The van der Waals surface area contributed by atoms with Crippen LogP contribution in [0, 0.1) is 5.41 Å². The summed E-state index contributed by atoms with van der Waals surface area (Å²) in [5, 5.41) is 0. The molecule has 0 spiro atoms. The highest BCUT2D eigenvalue weighted by Gasteiger charge is 2.29. The SMILES string of the molecule is CCCCc1cncnc1N(CCC)C(=O)C(C)(C)C. The van der Waals surface area contributed by atoms with E-state index in [1.165, 1.54) is 6.33 Å². The first kappa shape index (κ1) is 16.6. The van der Waals surface area contributed by atoms with Gasteiger partial charge in [0.15, 0.2) is 0 Å². The Balaban J connectivity index is 3.11. The summed E-state index contributed by atoms with van der Waals surface area (Å²) in [5.74, 6) is 0.908. The zero-order chi connectivity index (χ0) is 15.2. The zero-order valence-corrected chi connectivity index (χ0v) is 13.4. The Bertz CT molecular complexity index is 438. The fourth-order valence-corrected chi connectivity index (χ4v) is 2.07. The van der Waals surface area contributed by atoms with Crippen LogP contribution in [0.25, 0.3) is 0 Å². The molecule has 1 amide bonds. The van der Waals surface area contributed by atoms with E-state index in [2.05, 4.69) is 23.8 Å². The minimum Gasteiger partial charge on any atom is -0.296 e. The number of aromatic nitrogens is 2. The Morgan fingerprint density at radius 3 is 2.50 bits per heavy atom. The van der Waals surface area contributed by atoms with Crippen LogP contribution in [0.4, 0.5) is 5.82 Å². The fourth-order valence-electron chi connectivity index (χ4n) is 2.07. The normalized spacial score (nSPS) is 11.4. The van der Waals surface area contributed by atoms with Crippen LogP contribution >= 0.6 is 0 Å². The third-order valence-corrected chi connectivity index (χ3v) is 3.15. The predicted molar refractivity (Wildman–Crippen MR) is 82.7 cm³/mol. The number of nitrogens with zero attached hydrogens (tertiary/aromatic N) is 3. The van der Waals surface area contributed by atoms with E-state index in [0.717, 1.165) is 37.1 Å². The van der Waals surface area contributed by atoms with Crippen LogP contribution in [0.5, 0.6) is 0 Å². The molecule has 1 heterocycles. The molecule has 0 fully saturated rings. The fraction of sp³-hybridized carbons (Fsp3) is 0.688. The highest BCUT2D eigenvalue weighted by atomic mass is 16.2. The van der Waals surface area contributed by atoms with Gasteiger partial charge in [0.2, 0.25) is 5.91 Å². The lowest BCUT2D eigenvalue weighted by Gasteiger charge is -2.29. The average Bonchev–Trinajstić information content (AvgIpc) is 2.41. The monoisotopic (exact) mass is 277 g/mol. The molecule has 0 atom stereocenters. The molecule has 4 nitrogen and oxygen atoms in total. The Labute approximate surface area is 122 Å². The largest absolute Gasteiger partial charge is 0.296 e. The Morgan fingerprint density at radius 2 is 1.95 bits per heavy atom. The molecule has 0 aliphatic rings. The molecule has 0 saturated carbocycles. The number of unbranched alkanes of at least 4 members (excludes halogenated alkanes) is 1. The van der Waals surface area contributed by atoms with Crippen LogP contribution < -0.4 is 4.90 Å². The molecular weight excluding hydrogens is 250 g/mol. The van der Waals surface area contributed by atoms with Gasteiger partial charge in [0.1, 0.15) is 12.1 Å². The van der Waals surface area contributed by atoms with Crippen LogP contribution in [0.3, 0.4) is 0 Å². The van der Waals surface area contributed by atoms with E-state index in [9.17, 15) is 4.79 Å². The molecule has 0 saturated heterocycles. The van der Waals surface area contributed by atoms with Crippen molar-refractivity contribution in [3.63, 3.8) is 0 Å². The van der Waals surface area contributed by atoms with Gasteiger partial charge in [0.05, 0.1) is 0 Å². The zero-order valence-electron chi connectivity index (χ0n) is 13.4. The van der Waals surface area contributed by atoms with Crippen LogP contribution in [-0.4, -0.2) is 22.4 Å². The van der Waals surface area contributed by atoms with Gasteiger partial charge in [0, 0.05) is 23.7 Å². The van der Waals surface area contributed by atoms with Crippen molar-refractivity contribution in [2.45, 2.75) is 60.3 Å². The number of rotatable bonds is 6. The molecule has 4 heteroatoms. The van der Waals surface area contributed by atoms with E-state index in [1.807, 2.05) is 31.9 Å². The lowest BCUT2D eigenvalue weighted by atomic mass is 9.94. The average molecular weight is 277 g/mol. The number of aryl methyl sites for hydroxylation is 1. The summed E-state index contributed by atoms with van der Waals surface area (Å²) in [6.45, 7) is 10.8. The second-order valence-electron chi connectivity index (χ2n) is 6.18. The van der Waals surface area contributed by atoms with Crippen molar-refractivity contribution in [2.75, 3.05) is 11.4 Å². The number of anilines is 1. The highest BCUT2D eigenvalue weighted by molar-refractivity contribution is 5.96. The van der Waals surface area contributed by atoms with E-state index >= 15 is 0 Å². The maximum Gasteiger partial charge on any atom is 0.233 e. The second-order valence-corrected chi connectivity index (χ2v) is 6.18. The first-order valence-electron chi connectivity index (χ1n) is 7.52. The molecule has 0 radical (unpaired) electrons. The first-order chi connectivity index (χ1) is 9.41. The third kappa shape index (κ3) is 4.29. The molecule has 0 bridgehead atoms. The summed E-state index contributed by atoms with van der Waals surface area (Å²) < 4.78 is 0. The third-order valence-electron chi connectivity index (χ3n) is 3.15. The van der Waals surface area contributed by atoms with Gasteiger partial charge in [0.25, 0.3) is 0 Å². The maximum atomic E-state index is 12.6. The summed E-state index contributed by atoms with van der Waals surface area (Å²) in [6, 6.07) is 0. The van der Waals surface area contributed by atoms with Crippen LogP contribution in [0.1, 0.15) is 59.4 Å². The van der Waals surface area contributed by atoms with E-state index in [0.29, 0.717) is 6.54 Å². The number of amides is 1. The van der Waals surface area contributed by atoms with Gasteiger partial charge in [-0.1, -0.05) is 41.0 Å². The van der Waals surface area contributed by atoms with Gasteiger partial charge in [-0.3, -0.25) is 9.69 Å². The van der Waals surface area contributed by atoms with E-state index in [-0.39, 0.29) is 5.91 Å². The predicted octanol–water partition coefficient (Wildman–Crippen LogP) is 3.61. The summed E-state index contributed by atoms with van der Waals surface area (Å²) in [7, 11) is 0. The molecule has 0 N–H and O–H groups in total. The number of carbonyl (C=O) groups is 1. The summed E-state index contributed by atoms with van der Waals surface area (Å²) in [4.78, 5) is 23.0. The number of hydrogen-bond acceptors (Lipinski definition) is 3. The summed E-state index contributed by atoms with van der Waals surface area (Å²) >= 11 is 0. The summed E-state index contributed by atoms with van der Waals surface area (Å²) in [6.07, 6.45) is 7.42. The quantitative estimate of drug-likeness (QED) is 0.798. The van der Waals surface area contributed by atoms with Gasteiger partial charge in [-0.25, -0.2) is 9.97 Å². The molecule has 112 valence electrons. The minimum absolute atomic E-state index is 0.121. The van der Waals surface area contributed by atoms with Crippen molar-refractivity contribution in [3.8, 4) is 0 Å². The molecule has 0 aliphatic heterocycles. The van der Waals surface area contributed by atoms with Crippen LogP contribution in [0.2, 0.25) is 0 Å². The standard InChI is InChI=1S/C16H27N3O/c1-6-8-9-13-11-17-12-18-14(13)19(10-7-2)15(20)16(3,4)5/h11-12H,6-10H2,1-5H3. The van der Waals surface area contributed by atoms with Crippen molar-refractivity contribution < 1.29 is 4.79 Å². The van der Waals surface area contributed by atoms with E-state index in [1.54, 1.807) is 0 Å². The van der Waals surface area contributed by atoms with Gasteiger partial charge in [-0.15, -0.1) is 0 Å². The topological polar surface area (TPSA) is 46.1 Å². The van der Waals surface area contributed by atoms with Crippen molar-refractivity contribution in [3.05, 3.63) is 18.1 Å². The first-order valence-corrected chi connectivity index (χ1v) is 7.52. The number of hydrogen-bond donors (Lipinski definition) is 0. The Hall–Kier alpha value is -1.45. The lowest BCUT2D eigenvalue weighted by Crippen LogP contribution is -2.41. The molecule has 0 aromatic carbocycles. The Kier molecular flexibility index (Phi) is 6.11. The van der Waals surface area contributed by atoms with Gasteiger partial charge >= 0.3 is 0 Å². The number of carbonyl (C=O) groups excluding carboxylic acids is 1. The van der Waals surface area contributed by atoms with Crippen molar-refractivity contribution in [2.24, 2.45) is 5.41 Å². The molecule has 20 heavy (non-hydrogen) atoms. The van der Waals surface area contributed by atoms with Crippen LogP contribution in [0.15, 0.2) is 12.5 Å². The molecule has 0 aliphatic carbocycles.